The molecule has 1 aromatic heterocycles. The summed E-state index contributed by atoms with van der Waals surface area (Å²) in [5, 5.41) is 3.78. The van der Waals surface area contributed by atoms with Crippen LogP contribution in [0.3, 0.4) is 0 Å². The molecule has 0 fully saturated rings. The van der Waals surface area contributed by atoms with Gasteiger partial charge in [0.05, 0.1) is 17.9 Å². The number of carbonyl (C=O) groups is 1. The smallest absolute Gasteiger partial charge is 0.423 e. The van der Waals surface area contributed by atoms with Crippen LogP contribution in [-0.2, 0) is 11.3 Å². The highest BCUT2D eigenvalue weighted by Gasteiger charge is 2.50. The molecule has 0 aliphatic carbocycles. The molecular formula is C15H14F2N2O3. The van der Waals surface area contributed by atoms with E-state index >= 15 is 0 Å². The highest BCUT2D eigenvalue weighted by atomic mass is 19.3. The normalized spacial score (nSPS) is 16.4. The van der Waals surface area contributed by atoms with Crippen LogP contribution in [0.15, 0.2) is 22.7 Å². The van der Waals surface area contributed by atoms with E-state index in [9.17, 15) is 13.6 Å². The summed E-state index contributed by atoms with van der Waals surface area (Å²) in [5.74, 6) is -0.929. The molecule has 0 saturated carbocycles. The van der Waals surface area contributed by atoms with E-state index in [1.807, 2.05) is 6.92 Å². The van der Waals surface area contributed by atoms with E-state index in [0.29, 0.717) is 22.7 Å². The van der Waals surface area contributed by atoms with Gasteiger partial charge in [-0.25, -0.2) is 0 Å². The number of benzene rings is 1. The number of fused-ring (bicyclic) bond motifs is 1. The van der Waals surface area contributed by atoms with Gasteiger partial charge in [0.15, 0.2) is 5.75 Å². The molecule has 0 unspecified atom stereocenters. The molecule has 1 aliphatic rings. The van der Waals surface area contributed by atoms with Crippen molar-refractivity contribution in [3.8, 4) is 5.75 Å². The molecule has 2 aromatic rings. The van der Waals surface area contributed by atoms with E-state index in [-0.39, 0.29) is 12.3 Å². The zero-order chi connectivity index (χ0) is 16.1. The lowest BCUT2D eigenvalue weighted by Crippen LogP contribution is -2.50. The van der Waals surface area contributed by atoms with Gasteiger partial charge in [0.1, 0.15) is 5.76 Å². The number of carbonyl (C=O) groups excluding carboxylic acids is 1. The van der Waals surface area contributed by atoms with E-state index < -0.39 is 12.0 Å². The third-order valence-corrected chi connectivity index (χ3v) is 3.63. The summed E-state index contributed by atoms with van der Waals surface area (Å²) in [7, 11) is 0. The Hall–Kier alpha value is -2.44. The van der Waals surface area contributed by atoms with E-state index in [1.54, 1.807) is 26.0 Å². The minimum absolute atomic E-state index is 0.0260. The molecule has 0 spiro atoms. The Kier molecular flexibility index (Phi) is 3.16. The van der Waals surface area contributed by atoms with Crippen LogP contribution in [-0.4, -0.2) is 17.2 Å². The molecule has 0 N–H and O–H groups in total. The Balaban J connectivity index is 2.09. The van der Waals surface area contributed by atoms with Crippen molar-refractivity contribution >= 4 is 11.6 Å². The highest BCUT2D eigenvalue weighted by molar-refractivity contribution is 6.00. The molecule has 3 rings (SSSR count). The van der Waals surface area contributed by atoms with E-state index in [0.717, 1.165) is 10.5 Å². The molecule has 7 heteroatoms. The van der Waals surface area contributed by atoms with Crippen LogP contribution in [0.25, 0.3) is 0 Å². The second-order valence-corrected chi connectivity index (χ2v) is 5.28. The second kappa shape index (κ2) is 4.79. The van der Waals surface area contributed by atoms with E-state index in [4.69, 9.17) is 4.52 Å². The van der Waals surface area contributed by atoms with Gasteiger partial charge in [-0.05, 0) is 38.5 Å². The zero-order valence-electron chi connectivity index (χ0n) is 12.3. The minimum Gasteiger partial charge on any atom is -0.423 e. The fourth-order valence-electron chi connectivity index (χ4n) is 2.42. The monoisotopic (exact) mass is 308 g/mol. The summed E-state index contributed by atoms with van der Waals surface area (Å²) in [5.41, 5.74) is 2.33. The van der Waals surface area contributed by atoms with Gasteiger partial charge in [0.2, 0.25) is 0 Å². The number of alkyl halides is 2. The van der Waals surface area contributed by atoms with Gasteiger partial charge in [0, 0.05) is 5.56 Å². The molecule has 0 radical (unpaired) electrons. The number of anilines is 1. The second-order valence-electron chi connectivity index (χ2n) is 5.28. The molecule has 1 aliphatic heterocycles. The Bertz CT molecular complexity index is 736. The van der Waals surface area contributed by atoms with Crippen molar-refractivity contribution in [2.45, 2.75) is 33.4 Å². The van der Waals surface area contributed by atoms with Gasteiger partial charge in [-0.1, -0.05) is 11.2 Å². The molecule has 1 amide bonds. The molecule has 22 heavy (non-hydrogen) atoms. The fourth-order valence-corrected chi connectivity index (χ4v) is 2.42. The molecule has 5 nitrogen and oxygen atoms in total. The lowest BCUT2D eigenvalue weighted by atomic mass is 10.1. The molecule has 2 heterocycles. The molecule has 0 saturated heterocycles. The first kappa shape index (κ1) is 14.5. The van der Waals surface area contributed by atoms with Crippen molar-refractivity contribution in [2.75, 3.05) is 4.90 Å². The van der Waals surface area contributed by atoms with Crippen LogP contribution in [0.4, 0.5) is 14.5 Å². The summed E-state index contributed by atoms with van der Waals surface area (Å²) in [4.78, 5) is 13.1. The number of hydrogen-bond donors (Lipinski definition) is 0. The lowest BCUT2D eigenvalue weighted by molar-refractivity contribution is -0.193. The summed E-state index contributed by atoms with van der Waals surface area (Å²) >= 11 is 0. The van der Waals surface area contributed by atoms with Gasteiger partial charge >= 0.3 is 12.0 Å². The first-order valence-corrected chi connectivity index (χ1v) is 6.71. The van der Waals surface area contributed by atoms with Gasteiger partial charge in [0.25, 0.3) is 0 Å². The maximum absolute atomic E-state index is 13.8. The minimum atomic E-state index is -3.89. The summed E-state index contributed by atoms with van der Waals surface area (Å²) < 4.78 is 37.2. The van der Waals surface area contributed by atoms with Crippen LogP contribution in [0.5, 0.6) is 5.75 Å². The predicted octanol–water partition coefficient (Wildman–Crippen LogP) is 3.12. The van der Waals surface area contributed by atoms with Crippen molar-refractivity contribution in [3.05, 3.63) is 40.8 Å². The highest BCUT2D eigenvalue weighted by Crippen LogP contribution is 2.40. The van der Waals surface area contributed by atoms with Gasteiger partial charge < -0.3 is 9.26 Å². The Morgan fingerprint density at radius 3 is 2.64 bits per heavy atom. The first-order valence-electron chi connectivity index (χ1n) is 6.71. The summed E-state index contributed by atoms with van der Waals surface area (Å²) in [6.45, 7) is 5.14. The van der Waals surface area contributed by atoms with Crippen LogP contribution in [0.2, 0.25) is 0 Å². The SMILES string of the molecule is Cc1ccc2c(c1)N(Cc1c(C)noc1C)C(=O)C(F)(F)O2. The summed E-state index contributed by atoms with van der Waals surface area (Å²) in [6.07, 6.45) is -3.89. The van der Waals surface area contributed by atoms with Crippen molar-refractivity contribution in [2.24, 2.45) is 0 Å². The third kappa shape index (κ3) is 2.22. The molecule has 1 aromatic carbocycles. The standard InChI is InChI=1S/C15H14F2N2O3/c1-8-4-5-13-12(6-8)19(14(20)15(16,17)21-13)7-11-9(2)18-22-10(11)3/h4-6H,7H2,1-3H3. The van der Waals surface area contributed by atoms with Crippen molar-refractivity contribution in [1.29, 1.82) is 0 Å². The number of ether oxygens (including phenoxy) is 1. The lowest BCUT2D eigenvalue weighted by Gasteiger charge is -2.33. The maximum Gasteiger partial charge on any atom is 0.482 e. The largest absolute Gasteiger partial charge is 0.482 e. The number of aryl methyl sites for hydroxylation is 3. The van der Waals surface area contributed by atoms with Crippen molar-refractivity contribution < 1.29 is 22.8 Å². The molecule has 0 bridgehead atoms. The Morgan fingerprint density at radius 1 is 1.27 bits per heavy atom. The number of nitrogens with zero attached hydrogens (tertiary/aromatic N) is 2. The van der Waals surface area contributed by atoms with Crippen LogP contribution >= 0.6 is 0 Å². The number of hydrogen-bond acceptors (Lipinski definition) is 4. The Morgan fingerprint density at radius 2 is 2.00 bits per heavy atom. The number of rotatable bonds is 2. The molecule has 116 valence electrons. The van der Waals surface area contributed by atoms with E-state index in [2.05, 4.69) is 9.89 Å². The maximum atomic E-state index is 13.8. The van der Waals surface area contributed by atoms with Crippen molar-refractivity contribution in [1.82, 2.24) is 5.16 Å². The quantitative estimate of drug-likeness (QED) is 0.855. The van der Waals surface area contributed by atoms with Gasteiger partial charge in [-0.2, -0.15) is 8.78 Å². The van der Waals surface area contributed by atoms with Crippen LogP contribution in [0, 0.1) is 20.8 Å². The fraction of sp³-hybridized carbons (Fsp3) is 0.333. The average Bonchev–Trinajstić information content (AvgIpc) is 2.76. The topological polar surface area (TPSA) is 55.6 Å². The first-order chi connectivity index (χ1) is 10.3. The predicted molar refractivity (Wildman–Crippen MR) is 73.9 cm³/mol. The number of aromatic nitrogens is 1. The summed E-state index contributed by atoms with van der Waals surface area (Å²) in [6, 6.07) is 4.73. The average molecular weight is 308 g/mol. The van der Waals surface area contributed by atoms with Gasteiger partial charge in [-0.3, -0.25) is 9.69 Å². The van der Waals surface area contributed by atoms with E-state index in [1.165, 1.54) is 6.07 Å². The zero-order valence-corrected chi connectivity index (χ0v) is 12.3. The third-order valence-electron chi connectivity index (χ3n) is 3.63. The van der Waals surface area contributed by atoms with Crippen LogP contribution in [0.1, 0.15) is 22.6 Å². The van der Waals surface area contributed by atoms with Crippen LogP contribution < -0.4 is 9.64 Å². The van der Waals surface area contributed by atoms with Crippen molar-refractivity contribution in [3.63, 3.8) is 0 Å². The number of halogens is 2. The van der Waals surface area contributed by atoms with Gasteiger partial charge in [-0.15, -0.1) is 0 Å². The molecule has 0 atom stereocenters. The molecular weight excluding hydrogens is 294 g/mol. The number of amides is 1. The Labute approximate surface area is 125 Å².